The van der Waals surface area contributed by atoms with Gasteiger partial charge in [0.25, 0.3) is 0 Å². The second-order valence-electron chi connectivity index (χ2n) is 6.36. The average molecular weight is 328 g/mol. The molecule has 0 bridgehead atoms. The Hall–Kier alpha value is -2.51. The van der Waals surface area contributed by atoms with Gasteiger partial charge in [0.1, 0.15) is 12.2 Å². The van der Waals surface area contributed by atoms with Crippen molar-refractivity contribution < 1.29 is 9.53 Å². The molecule has 0 amide bonds. The van der Waals surface area contributed by atoms with Gasteiger partial charge in [0, 0.05) is 25.0 Å². The molecule has 0 atom stereocenters. The molecule has 2 aromatic heterocycles. The van der Waals surface area contributed by atoms with Crippen LogP contribution in [-0.2, 0) is 4.74 Å². The molecule has 0 unspecified atom stereocenters. The first-order chi connectivity index (χ1) is 11.8. The van der Waals surface area contributed by atoms with Crippen LogP contribution in [0.5, 0.6) is 0 Å². The first-order valence-corrected chi connectivity index (χ1v) is 8.32. The minimum absolute atomic E-state index is 0.230. The number of carbonyl (C=O) groups excluding carboxylic acids is 1. The van der Waals surface area contributed by atoms with Crippen LogP contribution in [0.25, 0.3) is 0 Å². The minimum Gasteiger partial charge on any atom is -0.464 e. The monoisotopic (exact) mass is 328 g/mol. The van der Waals surface area contributed by atoms with Gasteiger partial charge in [0.05, 0.1) is 7.11 Å². The molecule has 1 saturated carbocycles. The maximum Gasteiger partial charge on any atom is 0.358 e. The molecular weight excluding hydrogens is 308 g/mol. The van der Waals surface area contributed by atoms with Crippen LogP contribution in [0.15, 0.2) is 18.5 Å². The minimum atomic E-state index is -0.466. The average Bonchev–Trinajstić information content (AvgIpc) is 3.38. The smallest absolute Gasteiger partial charge is 0.358 e. The summed E-state index contributed by atoms with van der Waals surface area (Å²) in [5, 5.41) is 16.6. The van der Waals surface area contributed by atoms with Crippen molar-refractivity contribution in [3.05, 3.63) is 30.0 Å². The van der Waals surface area contributed by atoms with E-state index >= 15 is 0 Å². The van der Waals surface area contributed by atoms with E-state index in [4.69, 9.17) is 0 Å². The van der Waals surface area contributed by atoms with Crippen molar-refractivity contribution >= 4 is 11.8 Å². The number of ether oxygens (including phenoxy) is 1. The number of nitrogens with zero attached hydrogens (tertiary/aromatic N) is 6. The first-order valence-electron chi connectivity index (χ1n) is 8.32. The largest absolute Gasteiger partial charge is 0.464 e. The third-order valence-electron chi connectivity index (χ3n) is 4.77. The van der Waals surface area contributed by atoms with Gasteiger partial charge in [-0.3, -0.25) is 0 Å². The summed E-state index contributed by atoms with van der Waals surface area (Å²) in [6, 6.07) is 4.10. The number of piperidine rings is 1. The zero-order chi connectivity index (χ0) is 16.5. The lowest BCUT2D eigenvalue weighted by molar-refractivity contribution is 0.0592. The summed E-state index contributed by atoms with van der Waals surface area (Å²) in [6.07, 6.45) is 6.39. The molecule has 0 radical (unpaired) electrons. The quantitative estimate of drug-likeness (QED) is 0.787. The highest BCUT2D eigenvalue weighted by Crippen LogP contribution is 2.38. The summed E-state index contributed by atoms with van der Waals surface area (Å²) in [4.78, 5) is 13.6. The molecule has 3 heterocycles. The van der Waals surface area contributed by atoms with E-state index in [9.17, 15) is 4.79 Å². The number of esters is 1. The maximum absolute atomic E-state index is 11.4. The SMILES string of the molecule is COC(=O)c1ccc(N2CCC(c3nncn3C3CC3)CC2)nn1. The number of aromatic nitrogens is 5. The van der Waals surface area contributed by atoms with E-state index < -0.39 is 5.97 Å². The van der Waals surface area contributed by atoms with E-state index in [1.165, 1.54) is 20.0 Å². The van der Waals surface area contributed by atoms with Crippen molar-refractivity contribution in [2.24, 2.45) is 0 Å². The molecule has 8 heteroatoms. The number of hydrogen-bond donors (Lipinski definition) is 0. The van der Waals surface area contributed by atoms with E-state index in [0.29, 0.717) is 12.0 Å². The highest BCUT2D eigenvalue weighted by Gasteiger charge is 2.31. The van der Waals surface area contributed by atoms with Gasteiger partial charge in [-0.25, -0.2) is 4.79 Å². The van der Waals surface area contributed by atoms with Crippen LogP contribution in [0, 0.1) is 0 Å². The van der Waals surface area contributed by atoms with Crippen LogP contribution >= 0.6 is 0 Å². The molecule has 1 saturated heterocycles. The lowest BCUT2D eigenvalue weighted by atomic mass is 9.96. The van der Waals surface area contributed by atoms with E-state index in [-0.39, 0.29) is 5.69 Å². The summed E-state index contributed by atoms with van der Waals surface area (Å²) in [5.41, 5.74) is 0.230. The zero-order valence-corrected chi connectivity index (χ0v) is 13.6. The molecule has 8 nitrogen and oxygen atoms in total. The van der Waals surface area contributed by atoms with E-state index in [1.807, 2.05) is 12.4 Å². The van der Waals surface area contributed by atoms with Crippen LogP contribution < -0.4 is 4.90 Å². The maximum atomic E-state index is 11.4. The van der Waals surface area contributed by atoms with Crippen LogP contribution in [-0.4, -0.2) is 51.1 Å². The number of rotatable bonds is 4. The van der Waals surface area contributed by atoms with E-state index in [0.717, 1.165) is 37.6 Å². The van der Waals surface area contributed by atoms with Crippen LogP contribution in [0.2, 0.25) is 0 Å². The van der Waals surface area contributed by atoms with Gasteiger partial charge in [0.2, 0.25) is 0 Å². The predicted octanol–water partition coefficient (Wildman–Crippen LogP) is 1.57. The molecule has 126 valence electrons. The molecule has 2 fully saturated rings. The summed E-state index contributed by atoms with van der Waals surface area (Å²) in [5.74, 6) is 1.91. The van der Waals surface area contributed by atoms with Gasteiger partial charge in [-0.15, -0.1) is 20.4 Å². The molecule has 2 aliphatic rings. The fraction of sp³-hybridized carbons (Fsp3) is 0.562. The Morgan fingerprint density at radius 2 is 1.92 bits per heavy atom. The van der Waals surface area contributed by atoms with Crippen LogP contribution in [0.1, 0.15) is 54.0 Å². The number of carbonyl (C=O) groups is 1. The number of methoxy groups -OCH3 is 1. The Kier molecular flexibility index (Phi) is 3.87. The Morgan fingerprint density at radius 1 is 1.12 bits per heavy atom. The van der Waals surface area contributed by atoms with Gasteiger partial charge < -0.3 is 14.2 Å². The molecule has 4 rings (SSSR count). The molecule has 0 spiro atoms. The third-order valence-corrected chi connectivity index (χ3v) is 4.77. The first kappa shape index (κ1) is 15.0. The molecule has 1 aliphatic carbocycles. The van der Waals surface area contributed by atoms with Gasteiger partial charge in [-0.2, -0.15) is 0 Å². The molecule has 24 heavy (non-hydrogen) atoms. The molecule has 0 N–H and O–H groups in total. The van der Waals surface area contributed by atoms with Crippen molar-refractivity contribution in [2.45, 2.75) is 37.6 Å². The normalized spacial score (nSPS) is 18.6. The zero-order valence-electron chi connectivity index (χ0n) is 13.6. The summed E-state index contributed by atoms with van der Waals surface area (Å²) in [7, 11) is 1.34. The second kappa shape index (κ2) is 6.18. The fourth-order valence-electron chi connectivity index (χ4n) is 3.25. The van der Waals surface area contributed by atoms with Gasteiger partial charge in [-0.1, -0.05) is 0 Å². The van der Waals surface area contributed by atoms with Crippen LogP contribution in [0.3, 0.4) is 0 Å². The topological polar surface area (TPSA) is 86.0 Å². The Morgan fingerprint density at radius 3 is 2.54 bits per heavy atom. The number of anilines is 1. The summed E-state index contributed by atoms with van der Waals surface area (Å²) < 4.78 is 6.90. The summed E-state index contributed by atoms with van der Waals surface area (Å²) >= 11 is 0. The lowest BCUT2D eigenvalue weighted by Gasteiger charge is -2.32. The van der Waals surface area contributed by atoms with Crippen molar-refractivity contribution in [1.82, 2.24) is 25.0 Å². The fourth-order valence-corrected chi connectivity index (χ4v) is 3.25. The van der Waals surface area contributed by atoms with Crippen molar-refractivity contribution in [3.63, 3.8) is 0 Å². The van der Waals surface area contributed by atoms with E-state index in [1.54, 1.807) is 6.07 Å². The standard InChI is InChI=1S/C16H20N6O2/c1-24-16(23)13-4-5-14(19-18-13)21-8-6-11(7-9-21)15-20-17-10-22(15)12-2-3-12/h4-5,10-12H,2-3,6-9H2,1H3. The van der Waals surface area contributed by atoms with Crippen LogP contribution in [0.4, 0.5) is 5.82 Å². The Labute approximate surface area is 139 Å². The second-order valence-corrected chi connectivity index (χ2v) is 6.36. The summed E-state index contributed by atoms with van der Waals surface area (Å²) in [6.45, 7) is 1.79. The lowest BCUT2D eigenvalue weighted by Crippen LogP contribution is -2.34. The molecule has 1 aliphatic heterocycles. The Bertz CT molecular complexity index is 716. The molecular formula is C16H20N6O2. The van der Waals surface area contributed by atoms with Gasteiger partial charge in [-0.05, 0) is 37.8 Å². The molecule has 2 aromatic rings. The molecule has 0 aromatic carbocycles. The number of hydrogen-bond acceptors (Lipinski definition) is 7. The van der Waals surface area contributed by atoms with Gasteiger partial charge in [0.15, 0.2) is 11.5 Å². The highest BCUT2D eigenvalue weighted by atomic mass is 16.5. The van der Waals surface area contributed by atoms with Crippen molar-refractivity contribution in [3.8, 4) is 0 Å². The van der Waals surface area contributed by atoms with Gasteiger partial charge >= 0.3 is 5.97 Å². The van der Waals surface area contributed by atoms with Crippen molar-refractivity contribution in [2.75, 3.05) is 25.1 Å². The van der Waals surface area contributed by atoms with Crippen molar-refractivity contribution in [1.29, 1.82) is 0 Å². The highest BCUT2D eigenvalue weighted by molar-refractivity contribution is 5.86. The Balaban J connectivity index is 1.40. The third kappa shape index (κ3) is 2.83. The van der Waals surface area contributed by atoms with E-state index in [2.05, 4.69) is 34.6 Å². The predicted molar refractivity (Wildman–Crippen MR) is 85.9 cm³/mol.